The number of ketones is 2. The minimum Gasteiger partial charge on any atom is -0.299 e. The van der Waals surface area contributed by atoms with Gasteiger partial charge in [0.1, 0.15) is 5.78 Å². The highest BCUT2D eigenvalue weighted by atomic mass is 16.1. The number of Topliss-reactive ketones (excluding diaryl/α,β-unsaturated/α-hetero) is 2. The summed E-state index contributed by atoms with van der Waals surface area (Å²) in [5, 5.41) is 0. The molecule has 0 amide bonds. The molecule has 3 heteroatoms. The fraction of sp³-hybridized carbons (Fsp3) is 0.364. The van der Waals surface area contributed by atoms with Gasteiger partial charge in [-0.3, -0.25) is 14.6 Å². The number of hydrogen-bond donors (Lipinski definition) is 0. The van der Waals surface area contributed by atoms with Gasteiger partial charge < -0.3 is 0 Å². The van der Waals surface area contributed by atoms with Gasteiger partial charge in [0.15, 0.2) is 5.78 Å². The highest BCUT2D eigenvalue weighted by Gasteiger charge is 2.10. The van der Waals surface area contributed by atoms with E-state index in [0.717, 1.165) is 6.42 Å². The second-order valence-corrected chi connectivity index (χ2v) is 3.13. The fourth-order valence-electron chi connectivity index (χ4n) is 1.18. The molecule has 0 N–H and O–H groups in total. The average molecular weight is 191 g/mol. The Bertz CT molecular complexity index is 319. The Kier molecular flexibility index (Phi) is 3.98. The van der Waals surface area contributed by atoms with Gasteiger partial charge in [-0.05, 0) is 18.6 Å². The number of aromatic nitrogens is 1. The van der Waals surface area contributed by atoms with Gasteiger partial charge in [-0.15, -0.1) is 0 Å². The van der Waals surface area contributed by atoms with Crippen LogP contribution in [0, 0.1) is 0 Å². The summed E-state index contributed by atoms with van der Waals surface area (Å²) < 4.78 is 0. The second-order valence-electron chi connectivity index (χ2n) is 3.13. The molecular formula is C11H13NO2. The number of hydrogen-bond acceptors (Lipinski definition) is 3. The molecule has 0 radical (unpaired) electrons. The quantitative estimate of drug-likeness (QED) is 0.528. The SMILES string of the molecule is CCCC(=O)CC(=O)c1cccnc1. The standard InChI is InChI=1S/C11H13NO2/c1-2-4-10(13)7-11(14)9-5-3-6-12-8-9/h3,5-6,8H,2,4,7H2,1H3. The molecule has 74 valence electrons. The van der Waals surface area contributed by atoms with Crippen molar-refractivity contribution in [3.63, 3.8) is 0 Å². The molecular weight excluding hydrogens is 178 g/mol. The van der Waals surface area contributed by atoms with Crippen LogP contribution < -0.4 is 0 Å². The van der Waals surface area contributed by atoms with Gasteiger partial charge in [-0.1, -0.05) is 6.92 Å². The van der Waals surface area contributed by atoms with Gasteiger partial charge in [0.2, 0.25) is 0 Å². The van der Waals surface area contributed by atoms with Crippen molar-refractivity contribution < 1.29 is 9.59 Å². The van der Waals surface area contributed by atoms with Crippen molar-refractivity contribution in [3.05, 3.63) is 30.1 Å². The van der Waals surface area contributed by atoms with Crippen molar-refractivity contribution in [2.45, 2.75) is 26.2 Å². The van der Waals surface area contributed by atoms with E-state index in [4.69, 9.17) is 0 Å². The van der Waals surface area contributed by atoms with Gasteiger partial charge in [0.05, 0.1) is 6.42 Å². The maximum Gasteiger partial charge on any atom is 0.171 e. The molecule has 0 saturated heterocycles. The Morgan fingerprint density at radius 2 is 2.21 bits per heavy atom. The molecule has 0 aliphatic carbocycles. The van der Waals surface area contributed by atoms with E-state index >= 15 is 0 Å². The Hall–Kier alpha value is -1.51. The van der Waals surface area contributed by atoms with Crippen molar-refractivity contribution in [1.29, 1.82) is 0 Å². The third-order valence-electron chi connectivity index (χ3n) is 1.87. The topological polar surface area (TPSA) is 47.0 Å². The molecule has 14 heavy (non-hydrogen) atoms. The lowest BCUT2D eigenvalue weighted by atomic mass is 10.1. The molecule has 0 atom stereocenters. The smallest absolute Gasteiger partial charge is 0.171 e. The first kappa shape index (κ1) is 10.6. The van der Waals surface area contributed by atoms with Crippen LogP contribution in [0.5, 0.6) is 0 Å². The molecule has 0 aliphatic rings. The van der Waals surface area contributed by atoms with Crippen molar-refractivity contribution in [2.24, 2.45) is 0 Å². The minimum absolute atomic E-state index is 0.000463. The zero-order valence-electron chi connectivity index (χ0n) is 8.19. The first-order valence-corrected chi connectivity index (χ1v) is 4.69. The number of rotatable bonds is 5. The van der Waals surface area contributed by atoms with E-state index in [9.17, 15) is 9.59 Å². The van der Waals surface area contributed by atoms with Crippen LogP contribution in [0.1, 0.15) is 36.5 Å². The summed E-state index contributed by atoms with van der Waals surface area (Å²) in [5.74, 6) is -0.141. The molecule has 1 aromatic rings. The van der Waals surface area contributed by atoms with E-state index < -0.39 is 0 Å². The van der Waals surface area contributed by atoms with Crippen LogP contribution in [0.15, 0.2) is 24.5 Å². The van der Waals surface area contributed by atoms with Gasteiger partial charge >= 0.3 is 0 Å². The third kappa shape index (κ3) is 3.09. The lowest BCUT2D eigenvalue weighted by molar-refractivity contribution is -0.118. The number of carbonyl (C=O) groups is 2. The lowest BCUT2D eigenvalue weighted by Gasteiger charge is -1.98. The molecule has 0 saturated carbocycles. The number of pyridine rings is 1. The monoisotopic (exact) mass is 191 g/mol. The molecule has 3 nitrogen and oxygen atoms in total. The molecule has 1 rings (SSSR count). The molecule has 0 aromatic carbocycles. The summed E-state index contributed by atoms with van der Waals surface area (Å²) in [6.07, 6.45) is 4.36. The van der Waals surface area contributed by atoms with E-state index in [1.807, 2.05) is 6.92 Å². The van der Waals surface area contributed by atoms with Crippen LogP contribution in [-0.4, -0.2) is 16.6 Å². The van der Waals surface area contributed by atoms with Crippen molar-refractivity contribution >= 4 is 11.6 Å². The Labute approximate surface area is 83.2 Å². The molecule has 0 fully saturated rings. The predicted octanol–water partition coefficient (Wildman–Crippen LogP) is 2.02. The van der Waals surface area contributed by atoms with Gasteiger partial charge in [0, 0.05) is 24.4 Å². The molecule has 0 bridgehead atoms. The van der Waals surface area contributed by atoms with Crippen molar-refractivity contribution in [1.82, 2.24) is 4.98 Å². The van der Waals surface area contributed by atoms with E-state index in [0.29, 0.717) is 12.0 Å². The van der Waals surface area contributed by atoms with E-state index in [1.54, 1.807) is 18.3 Å². The normalized spacial score (nSPS) is 9.79. The van der Waals surface area contributed by atoms with Crippen molar-refractivity contribution in [3.8, 4) is 0 Å². The van der Waals surface area contributed by atoms with Crippen LogP contribution in [0.3, 0.4) is 0 Å². The Morgan fingerprint density at radius 1 is 1.43 bits per heavy atom. The van der Waals surface area contributed by atoms with Gasteiger partial charge in [-0.2, -0.15) is 0 Å². The van der Waals surface area contributed by atoms with Crippen LogP contribution >= 0.6 is 0 Å². The Morgan fingerprint density at radius 3 is 2.79 bits per heavy atom. The summed E-state index contributed by atoms with van der Waals surface area (Å²) in [4.78, 5) is 26.5. The van der Waals surface area contributed by atoms with Crippen molar-refractivity contribution in [2.75, 3.05) is 0 Å². The zero-order valence-corrected chi connectivity index (χ0v) is 8.19. The predicted molar refractivity (Wildman–Crippen MR) is 53.1 cm³/mol. The number of carbonyl (C=O) groups excluding carboxylic acids is 2. The summed E-state index contributed by atoms with van der Waals surface area (Å²) in [6.45, 7) is 1.92. The number of nitrogens with zero attached hydrogens (tertiary/aromatic N) is 1. The lowest BCUT2D eigenvalue weighted by Crippen LogP contribution is -2.07. The van der Waals surface area contributed by atoms with E-state index in [1.165, 1.54) is 6.20 Å². The third-order valence-corrected chi connectivity index (χ3v) is 1.87. The van der Waals surface area contributed by atoms with Gasteiger partial charge in [0.25, 0.3) is 0 Å². The second kappa shape index (κ2) is 5.27. The maximum atomic E-state index is 11.5. The zero-order chi connectivity index (χ0) is 10.4. The summed E-state index contributed by atoms with van der Waals surface area (Å²) in [7, 11) is 0. The molecule has 1 aromatic heterocycles. The van der Waals surface area contributed by atoms with Gasteiger partial charge in [-0.25, -0.2) is 0 Å². The first-order chi connectivity index (χ1) is 6.74. The summed E-state index contributed by atoms with van der Waals surface area (Å²) in [6, 6.07) is 3.37. The highest BCUT2D eigenvalue weighted by molar-refractivity contribution is 6.07. The molecule has 1 heterocycles. The molecule has 0 aliphatic heterocycles. The van der Waals surface area contributed by atoms with Crippen LogP contribution in [0.4, 0.5) is 0 Å². The maximum absolute atomic E-state index is 11.5. The summed E-state index contributed by atoms with van der Waals surface area (Å²) in [5.41, 5.74) is 0.511. The van der Waals surface area contributed by atoms with E-state index in [2.05, 4.69) is 4.98 Å². The summed E-state index contributed by atoms with van der Waals surface area (Å²) >= 11 is 0. The Balaban J connectivity index is 2.55. The van der Waals surface area contributed by atoms with Crippen LogP contribution in [-0.2, 0) is 4.79 Å². The van der Waals surface area contributed by atoms with E-state index in [-0.39, 0.29) is 18.0 Å². The highest BCUT2D eigenvalue weighted by Crippen LogP contribution is 2.03. The van der Waals surface area contributed by atoms with Crippen LogP contribution in [0.25, 0.3) is 0 Å². The first-order valence-electron chi connectivity index (χ1n) is 4.69. The fourth-order valence-corrected chi connectivity index (χ4v) is 1.18. The molecule has 0 spiro atoms. The van der Waals surface area contributed by atoms with Crippen LogP contribution in [0.2, 0.25) is 0 Å². The largest absolute Gasteiger partial charge is 0.299 e. The average Bonchev–Trinajstić information content (AvgIpc) is 2.19. The minimum atomic E-state index is -0.142. The molecule has 0 unspecified atom stereocenters.